The maximum absolute atomic E-state index is 14.1. The summed E-state index contributed by atoms with van der Waals surface area (Å²) in [6.45, 7) is 2.10. The number of benzene rings is 2. The first-order valence-corrected chi connectivity index (χ1v) is 13.4. The molecule has 1 amide bonds. The van der Waals surface area contributed by atoms with Crippen LogP contribution in [0.25, 0.3) is 0 Å². The first-order chi connectivity index (χ1) is 18.5. The lowest BCUT2D eigenvalue weighted by Crippen LogP contribution is -2.55. The standard InChI is InChI=1S/C30H32F3NO5/c1-29-15-14-22-21-11-9-20(17-19(21)8-10-23(22)24(29)12-13-26(29)35)39-28(37)34(30(31,32)33)25(27(36)38-2)16-18-6-4-3-5-7-18/h3-7,9,11,17,22-25H,8,10,12-16H2,1-2H3/t22-,23-,24+,25+,29+/m1/s1. The number of hydrogen-bond donors (Lipinski definition) is 0. The Morgan fingerprint density at radius 1 is 1.08 bits per heavy atom. The molecule has 0 aliphatic heterocycles. The maximum atomic E-state index is 14.1. The van der Waals surface area contributed by atoms with Crippen LogP contribution in [0.5, 0.6) is 5.75 Å². The number of methoxy groups -OCH3 is 1. The molecule has 3 aliphatic rings. The van der Waals surface area contributed by atoms with Crippen molar-refractivity contribution < 1.29 is 37.0 Å². The molecule has 0 heterocycles. The van der Waals surface area contributed by atoms with Gasteiger partial charge in [-0.05, 0) is 78.7 Å². The van der Waals surface area contributed by atoms with Gasteiger partial charge in [-0.15, -0.1) is 13.2 Å². The number of ether oxygens (including phenoxy) is 2. The molecule has 0 N–H and O–H groups in total. The van der Waals surface area contributed by atoms with Crippen molar-refractivity contribution in [3.05, 3.63) is 65.2 Å². The van der Waals surface area contributed by atoms with Crippen molar-refractivity contribution >= 4 is 17.8 Å². The van der Waals surface area contributed by atoms with Gasteiger partial charge >= 0.3 is 18.4 Å². The average molecular weight is 544 g/mol. The van der Waals surface area contributed by atoms with E-state index in [0.717, 1.165) is 43.9 Å². The monoisotopic (exact) mass is 543 g/mol. The number of ketones is 1. The highest BCUT2D eigenvalue weighted by atomic mass is 19.4. The highest BCUT2D eigenvalue weighted by Gasteiger charge is 2.54. The third-order valence-electron chi connectivity index (χ3n) is 9.14. The lowest BCUT2D eigenvalue weighted by atomic mass is 9.55. The van der Waals surface area contributed by atoms with E-state index in [1.165, 1.54) is 6.07 Å². The van der Waals surface area contributed by atoms with Crippen molar-refractivity contribution in [2.24, 2.45) is 17.3 Å². The molecule has 6 nitrogen and oxygen atoms in total. The van der Waals surface area contributed by atoms with E-state index in [9.17, 15) is 27.6 Å². The van der Waals surface area contributed by atoms with Crippen LogP contribution in [-0.4, -0.2) is 42.2 Å². The molecule has 5 rings (SSSR count). The van der Waals surface area contributed by atoms with Crippen LogP contribution < -0.4 is 4.74 Å². The van der Waals surface area contributed by atoms with Gasteiger partial charge in [0.1, 0.15) is 17.6 Å². The predicted octanol–water partition coefficient (Wildman–Crippen LogP) is 6.22. The number of alkyl halides is 3. The van der Waals surface area contributed by atoms with Gasteiger partial charge in [-0.2, -0.15) is 0 Å². The molecule has 0 aromatic heterocycles. The molecular formula is C30H32F3NO5. The van der Waals surface area contributed by atoms with E-state index < -0.39 is 35.7 Å². The molecule has 9 heteroatoms. The number of esters is 1. The highest BCUT2D eigenvalue weighted by molar-refractivity contribution is 5.87. The predicted molar refractivity (Wildman–Crippen MR) is 136 cm³/mol. The Bertz CT molecular complexity index is 1260. The van der Waals surface area contributed by atoms with E-state index in [1.54, 1.807) is 36.4 Å². The lowest BCUT2D eigenvalue weighted by Gasteiger charge is -2.48. The minimum absolute atomic E-state index is 0.00790. The fraction of sp³-hybridized carbons (Fsp3) is 0.500. The van der Waals surface area contributed by atoms with Gasteiger partial charge in [0.05, 0.1) is 7.11 Å². The summed E-state index contributed by atoms with van der Waals surface area (Å²) in [6, 6.07) is 11.2. The van der Waals surface area contributed by atoms with Crippen LogP contribution in [0, 0.1) is 17.3 Å². The van der Waals surface area contributed by atoms with Crippen molar-refractivity contribution in [3.8, 4) is 5.75 Å². The number of amides is 1. The molecule has 0 saturated heterocycles. The topological polar surface area (TPSA) is 72.9 Å². The number of nitrogens with zero attached hydrogens (tertiary/aromatic N) is 1. The van der Waals surface area contributed by atoms with Gasteiger partial charge in [-0.1, -0.05) is 43.3 Å². The van der Waals surface area contributed by atoms with E-state index in [-0.39, 0.29) is 17.1 Å². The molecule has 0 spiro atoms. The van der Waals surface area contributed by atoms with Gasteiger partial charge in [-0.25, -0.2) is 14.5 Å². The number of hydrogen-bond acceptors (Lipinski definition) is 5. The summed E-state index contributed by atoms with van der Waals surface area (Å²) in [5.41, 5.74) is 2.26. The molecular weight excluding hydrogens is 511 g/mol. The molecule has 2 fully saturated rings. The Morgan fingerprint density at radius 2 is 1.82 bits per heavy atom. The fourth-order valence-electron chi connectivity index (χ4n) is 7.20. The Balaban J connectivity index is 1.37. The summed E-state index contributed by atoms with van der Waals surface area (Å²) in [6.07, 6.45) is -2.40. The van der Waals surface area contributed by atoms with Crippen LogP contribution in [0.2, 0.25) is 0 Å². The minimum Gasteiger partial charge on any atom is -0.467 e. The van der Waals surface area contributed by atoms with Gasteiger partial charge in [0.2, 0.25) is 0 Å². The van der Waals surface area contributed by atoms with E-state index in [1.807, 2.05) is 6.07 Å². The van der Waals surface area contributed by atoms with Crippen LogP contribution in [0.3, 0.4) is 0 Å². The van der Waals surface area contributed by atoms with Crippen LogP contribution in [0.15, 0.2) is 48.5 Å². The number of rotatable bonds is 5. The zero-order chi connectivity index (χ0) is 27.9. The Hall–Kier alpha value is -3.36. The third-order valence-corrected chi connectivity index (χ3v) is 9.14. The zero-order valence-corrected chi connectivity index (χ0v) is 22.0. The lowest BCUT2D eigenvalue weighted by molar-refractivity contribution is -0.241. The highest BCUT2D eigenvalue weighted by Crippen LogP contribution is 2.59. The van der Waals surface area contributed by atoms with Crippen molar-refractivity contribution in [2.75, 3.05) is 7.11 Å². The quantitative estimate of drug-likeness (QED) is 0.331. The van der Waals surface area contributed by atoms with E-state index in [0.29, 0.717) is 36.0 Å². The van der Waals surface area contributed by atoms with Gasteiger partial charge in [0.15, 0.2) is 0 Å². The molecule has 0 bridgehead atoms. The average Bonchev–Trinajstić information content (AvgIpc) is 3.21. The Morgan fingerprint density at radius 3 is 2.51 bits per heavy atom. The van der Waals surface area contributed by atoms with Crippen LogP contribution >= 0.6 is 0 Å². The van der Waals surface area contributed by atoms with Crippen LogP contribution in [0.1, 0.15) is 61.6 Å². The van der Waals surface area contributed by atoms with Gasteiger partial charge in [-0.3, -0.25) is 4.79 Å². The van der Waals surface area contributed by atoms with E-state index in [2.05, 4.69) is 11.7 Å². The van der Waals surface area contributed by atoms with Crippen molar-refractivity contribution in [1.29, 1.82) is 0 Å². The van der Waals surface area contributed by atoms with Crippen molar-refractivity contribution in [3.63, 3.8) is 0 Å². The summed E-state index contributed by atoms with van der Waals surface area (Å²) in [4.78, 5) is 37.4. The zero-order valence-electron chi connectivity index (χ0n) is 22.0. The minimum atomic E-state index is -5.18. The molecule has 3 aliphatic carbocycles. The first-order valence-electron chi connectivity index (χ1n) is 13.4. The molecule has 0 radical (unpaired) electrons. The summed E-state index contributed by atoms with van der Waals surface area (Å²) in [5.74, 6) is 0.200. The molecule has 2 saturated carbocycles. The maximum Gasteiger partial charge on any atom is 0.490 e. The second-order valence-corrected chi connectivity index (χ2v) is 11.1. The SMILES string of the molecule is COC(=O)[C@H](Cc1ccccc1)N(C(=O)Oc1ccc2c(c1)CC[C@@H]1[C@@H]2CC[C@]2(C)C(=O)CC[C@@H]12)C(F)(F)F. The van der Waals surface area contributed by atoms with E-state index in [4.69, 9.17) is 4.74 Å². The summed E-state index contributed by atoms with van der Waals surface area (Å²) >= 11 is 0. The molecule has 0 unspecified atom stereocenters. The summed E-state index contributed by atoms with van der Waals surface area (Å²) < 4.78 is 52.3. The molecule has 5 atom stereocenters. The normalized spacial score (nSPS) is 26.6. The third kappa shape index (κ3) is 5.03. The number of carbonyl (C=O) groups is 3. The van der Waals surface area contributed by atoms with Gasteiger partial charge < -0.3 is 9.47 Å². The van der Waals surface area contributed by atoms with Crippen LogP contribution in [0.4, 0.5) is 18.0 Å². The molecule has 2 aromatic rings. The largest absolute Gasteiger partial charge is 0.490 e. The fourth-order valence-corrected chi connectivity index (χ4v) is 7.20. The number of halogens is 3. The second kappa shape index (κ2) is 10.3. The second-order valence-electron chi connectivity index (χ2n) is 11.1. The molecule has 2 aromatic carbocycles. The van der Waals surface area contributed by atoms with Crippen molar-refractivity contribution in [1.82, 2.24) is 4.90 Å². The number of fused-ring (bicyclic) bond motifs is 5. The van der Waals surface area contributed by atoms with Gasteiger partial charge in [0.25, 0.3) is 0 Å². The number of carbonyl (C=O) groups excluding carboxylic acids is 3. The number of aryl methyl sites for hydroxylation is 1. The summed E-state index contributed by atoms with van der Waals surface area (Å²) in [7, 11) is 0.978. The Kier molecular flexibility index (Phi) is 7.20. The summed E-state index contributed by atoms with van der Waals surface area (Å²) in [5, 5.41) is 0. The van der Waals surface area contributed by atoms with Crippen LogP contribution in [-0.2, 0) is 27.2 Å². The number of Topliss-reactive ketones (excluding diaryl/α,β-unsaturated/α-hetero) is 1. The Labute approximate surface area is 225 Å². The molecule has 39 heavy (non-hydrogen) atoms. The van der Waals surface area contributed by atoms with Crippen molar-refractivity contribution in [2.45, 2.75) is 70.1 Å². The molecule has 208 valence electrons. The van der Waals surface area contributed by atoms with E-state index >= 15 is 0 Å². The first kappa shape index (κ1) is 27.2. The van der Waals surface area contributed by atoms with Gasteiger partial charge in [0, 0.05) is 18.3 Å². The smallest absolute Gasteiger partial charge is 0.467 e.